The molecule has 0 aliphatic carbocycles. The van der Waals surface area contributed by atoms with Crippen molar-refractivity contribution in [1.82, 2.24) is 4.98 Å². The fourth-order valence-corrected chi connectivity index (χ4v) is 1.22. The van der Waals surface area contributed by atoms with Gasteiger partial charge in [-0.2, -0.15) is 0 Å². The Morgan fingerprint density at radius 1 is 1.44 bits per heavy atom. The van der Waals surface area contributed by atoms with Crippen molar-refractivity contribution in [2.45, 2.75) is 6.61 Å². The molecule has 0 saturated carbocycles. The second-order valence-corrected chi connectivity index (χ2v) is 3.14. The number of furan rings is 1. The predicted octanol–water partition coefficient (Wildman–Crippen LogP) is 1.42. The lowest BCUT2D eigenvalue weighted by Crippen LogP contribution is -2.12. The molecule has 0 fully saturated rings. The summed E-state index contributed by atoms with van der Waals surface area (Å²) in [6, 6.07) is 6.60. The minimum absolute atomic E-state index is 0.157. The number of rotatable bonds is 3. The maximum absolute atomic E-state index is 11.6. The van der Waals surface area contributed by atoms with Gasteiger partial charge in [0.1, 0.15) is 12.1 Å². The monoisotopic (exact) mass is 218 g/mol. The highest BCUT2D eigenvalue weighted by atomic mass is 16.3. The van der Waals surface area contributed by atoms with Crippen molar-refractivity contribution in [3.8, 4) is 0 Å². The van der Waals surface area contributed by atoms with E-state index in [1.54, 1.807) is 24.3 Å². The first-order valence-electron chi connectivity index (χ1n) is 4.70. The van der Waals surface area contributed by atoms with Gasteiger partial charge in [0, 0.05) is 0 Å². The summed E-state index contributed by atoms with van der Waals surface area (Å²) in [6.45, 7) is -0.157. The Morgan fingerprint density at radius 3 is 3.00 bits per heavy atom. The Labute approximate surface area is 91.7 Å². The Balaban J connectivity index is 2.12. The summed E-state index contributed by atoms with van der Waals surface area (Å²) in [5, 5.41) is 11.5. The first-order valence-corrected chi connectivity index (χ1v) is 4.70. The highest BCUT2D eigenvalue weighted by Crippen LogP contribution is 2.08. The molecule has 0 bridgehead atoms. The van der Waals surface area contributed by atoms with E-state index in [4.69, 9.17) is 9.52 Å². The van der Waals surface area contributed by atoms with Crippen molar-refractivity contribution in [2.24, 2.45) is 0 Å². The molecular formula is C11H10N2O3. The Hall–Kier alpha value is -2.14. The molecule has 2 aromatic heterocycles. The van der Waals surface area contributed by atoms with Crippen LogP contribution in [0.3, 0.4) is 0 Å². The molecule has 5 heteroatoms. The summed E-state index contributed by atoms with van der Waals surface area (Å²) in [6.07, 6.45) is 2.78. The molecule has 82 valence electrons. The molecule has 2 heterocycles. The second kappa shape index (κ2) is 4.59. The van der Waals surface area contributed by atoms with Crippen LogP contribution in [0.1, 0.15) is 16.1 Å². The van der Waals surface area contributed by atoms with E-state index in [2.05, 4.69) is 10.3 Å². The van der Waals surface area contributed by atoms with Crippen LogP contribution in [0, 0.1) is 0 Å². The van der Waals surface area contributed by atoms with E-state index in [-0.39, 0.29) is 12.5 Å². The Bertz CT molecular complexity index is 480. The number of aromatic nitrogens is 1. The summed E-state index contributed by atoms with van der Waals surface area (Å²) in [7, 11) is 0. The summed E-state index contributed by atoms with van der Waals surface area (Å²) >= 11 is 0. The SMILES string of the molecule is O=C(Nc1cccc(CO)n1)c1ccoc1. The van der Waals surface area contributed by atoms with Crippen LogP contribution in [0.15, 0.2) is 41.2 Å². The fraction of sp³-hybridized carbons (Fsp3) is 0.0909. The lowest BCUT2D eigenvalue weighted by molar-refractivity contribution is 0.102. The molecule has 0 unspecified atom stereocenters. The normalized spacial score (nSPS) is 10.1. The van der Waals surface area contributed by atoms with Crippen LogP contribution in [0.2, 0.25) is 0 Å². The highest BCUT2D eigenvalue weighted by Gasteiger charge is 2.07. The molecule has 0 aliphatic heterocycles. The third kappa shape index (κ3) is 2.26. The van der Waals surface area contributed by atoms with E-state index >= 15 is 0 Å². The van der Waals surface area contributed by atoms with Crippen LogP contribution < -0.4 is 5.32 Å². The maximum Gasteiger partial charge on any atom is 0.260 e. The summed E-state index contributed by atoms with van der Waals surface area (Å²) in [4.78, 5) is 15.6. The van der Waals surface area contributed by atoms with Gasteiger partial charge in [-0.3, -0.25) is 4.79 Å². The molecule has 2 aromatic rings. The number of amides is 1. The number of pyridine rings is 1. The molecule has 2 N–H and O–H groups in total. The molecular weight excluding hydrogens is 208 g/mol. The number of nitrogens with zero attached hydrogens (tertiary/aromatic N) is 1. The molecule has 2 rings (SSSR count). The van der Waals surface area contributed by atoms with Crippen molar-refractivity contribution in [2.75, 3.05) is 5.32 Å². The lowest BCUT2D eigenvalue weighted by Gasteiger charge is -2.03. The van der Waals surface area contributed by atoms with E-state index in [9.17, 15) is 4.79 Å². The van der Waals surface area contributed by atoms with Gasteiger partial charge in [0.25, 0.3) is 5.91 Å². The zero-order chi connectivity index (χ0) is 11.4. The smallest absolute Gasteiger partial charge is 0.260 e. The molecule has 0 saturated heterocycles. The average Bonchev–Trinajstić information content (AvgIpc) is 2.83. The highest BCUT2D eigenvalue weighted by molar-refractivity contribution is 6.03. The molecule has 16 heavy (non-hydrogen) atoms. The summed E-state index contributed by atoms with van der Waals surface area (Å²) in [5.41, 5.74) is 0.932. The zero-order valence-corrected chi connectivity index (χ0v) is 8.38. The van der Waals surface area contributed by atoms with Crippen LogP contribution in [-0.2, 0) is 6.61 Å². The van der Waals surface area contributed by atoms with E-state index in [1.807, 2.05) is 0 Å². The molecule has 0 aliphatic rings. The van der Waals surface area contributed by atoms with Crippen molar-refractivity contribution >= 4 is 11.7 Å². The van der Waals surface area contributed by atoms with Crippen molar-refractivity contribution < 1.29 is 14.3 Å². The van der Waals surface area contributed by atoms with Crippen molar-refractivity contribution in [3.63, 3.8) is 0 Å². The number of nitrogens with one attached hydrogen (secondary N) is 1. The number of carbonyl (C=O) groups is 1. The van der Waals surface area contributed by atoms with Crippen LogP contribution in [0.4, 0.5) is 5.82 Å². The van der Waals surface area contributed by atoms with Crippen molar-refractivity contribution in [1.29, 1.82) is 0 Å². The standard InChI is InChI=1S/C11H10N2O3/c14-6-9-2-1-3-10(12-9)13-11(15)8-4-5-16-7-8/h1-5,7,14H,6H2,(H,12,13,15). The fourth-order valence-electron chi connectivity index (χ4n) is 1.22. The van der Waals surface area contributed by atoms with Gasteiger partial charge in [0.2, 0.25) is 0 Å². The largest absolute Gasteiger partial charge is 0.472 e. The van der Waals surface area contributed by atoms with Crippen molar-refractivity contribution in [3.05, 3.63) is 48.0 Å². The maximum atomic E-state index is 11.6. The van der Waals surface area contributed by atoms with E-state index in [1.165, 1.54) is 12.5 Å². The topological polar surface area (TPSA) is 75.4 Å². The van der Waals surface area contributed by atoms with E-state index < -0.39 is 0 Å². The first kappa shape index (κ1) is 10.4. The molecule has 0 atom stereocenters. The van der Waals surface area contributed by atoms with Gasteiger partial charge < -0.3 is 14.8 Å². The number of hydrogen-bond donors (Lipinski definition) is 2. The number of carbonyl (C=O) groups excluding carboxylic acids is 1. The zero-order valence-electron chi connectivity index (χ0n) is 8.38. The van der Waals surface area contributed by atoms with E-state index in [0.29, 0.717) is 17.1 Å². The van der Waals surface area contributed by atoms with Gasteiger partial charge in [-0.25, -0.2) is 4.98 Å². The molecule has 5 nitrogen and oxygen atoms in total. The van der Waals surface area contributed by atoms with Crippen LogP contribution in [-0.4, -0.2) is 16.0 Å². The lowest BCUT2D eigenvalue weighted by atomic mass is 10.3. The Morgan fingerprint density at radius 2 is 2.31 bits per heavy atom. The van der Waals surface area contributed by atoms with Gasteiger partial charge in [-0.1, -0.05) is 6.07 Å². The van der Waals surface area contributed by atoms with Crippen LogP contribution in [0.25, 0.3) is 0 Å². The van der Waals surface area contributed by atoms with Crippen LogP contribution in [0.5, 0.6) is 0 Å². The molecule has 0 radical (unpaired) electrons. The number of anilines is 1. The Kier molecular flexibility index (Phi) is 2.98. The third-order valence-electron chi connectivity index (χ3n) is 1.99. The quantitative estimate of drug-likeness (QED) is 0.816. The molecule has 0 spiro atoms. The third-order valence-corrected chi connectivity index (χ3v) is 1.99. The van der Waals surface area contributed by atoms with Gasteiger partial charge in [0.15, 0.2) is 0 Å². The second-order valence-electron chi connectivity index (χ2n) is 3.14. The average molecular weight is 218 g/mol. The number of hydrogen-bond acceptors (Lipinski definition) is 4. The van der Waals surface area contributed by atoms with Gasteiger partial charge >= 0.3 is 0 Å². The number of aliphatic hydroxyl groups excluding tert-OH is 1. The minimum atomic E-state index is -0.295. The van der Waals surface area contributed by atoms with Gasteiger partial charge in [0.05, 0.1) is 24.1 Å². The van der Waals surface area contributed by atoms with Gasteiger partial charge in [-0.05, 0) is 18.2 Å². The van der Waals surface area contributed by atoms with E-state index in [0.717, 1.165) is 0 Å². The predicted molar refractivity (Wildman–Crippen MR) is 56.8 cm³/mol. The first-order chi connectivity index (χ1) is 7.79. The van der Waals surface area contributed by atoms with Crippen LogP contribution >= 0.6 is 0 Å². The minimum Gasteiger partial charge on any atom is -0.472 e. The number of aliphatic hydroxyl groups is 1. The summed E-state index contributed by atoms with van der Waals surface area (Å²) < 4.78 is 4.80. The molecule has 1 amide bonds. The summed E-state index contributed by atoms with van der Waals surface area (Å²) in [5.74, 6) is 0.106. The van der Waals surface area contributed by atoms with Gasteiger partial charge in [-0.15, -0.1) is 0 Å². The molecule has 0 aromatic carbocycles.